The fourth-order valence-electron chi connectivity index (χ4n) is 2.40. The van der Waals surface area contributed by atoms with Gasteiger partial charge in [0.2, 0.25) is 12.2 Å². The van der Waals surface area contributed by atoms with Gasteiger partial charge in [0, 0.05) is 6.04 Å². The van der Waals surface area contributed by atoms with E-state index in [1.807, 2.05) is 0 Å². The smallest absolute Gasteiger partial charge is 0.407 e. The molecule has 1 fully saturated rings. The first-order chi connectivity index (χ1) is 9.10. The van der Waals surface area contributed by atoms with E-state index in [2.05, 4.69) is 10.1 Å². The molecule has 0 aliphatic heterocycles. The summed E-state index contributed by atoms with van der Waals surface area (Å²) in [6.07, 6.45) is 6.22. The van der Waals surface area contributed by atoms with Gasteiger partial charge in [0.15, 0.2) is 0 Å². The average molecular weight is 269 g/mol. The Kier molecular flexibility index (Phi) is 6.32. The van der Waals surface area contributed by atoms with E-state index in [0.29, 0.717) is 0 Å². The number of amides is 2. The summed E-state index contributed by atoms with van der Waals surface area (Å²) >= 11 is 0. The second kappa shape index (κ2) is 7.76. The Morgan fingerprint density at radius 2 is 2.00 bits per heavy atom. The number of nitrogens with one attached hydrogen (secondary N) is 1. The molecule has 1 atom stereocenters. The van der Waals surface area contributed by atoms with Crippen LogP contribution in [0, 0.1) is 0 Å². The molecule has 1 aliphatic rings. The molecular formula is C13H21N2O4. The van der Waals surface area contributed by atoms with Gasteiger partial charge in [-0.05, 0) is 19.8 Å². The number of ether oxygens (including phenoxy) is 1. The minimum atomic E-state index is -0.706. The second-order valence-corrected chi connectivity index (χ2v) is 4.76. The lowest BCUT2D eigenvalue weighted by molar-refractivity contribution is -0.135. The molecule has 1 rings (SSSR count). The van der Waals surface area contributed by atoms with Crippen LogP contribution in [0.25, 0.3) is 0 Å². The maximum atomic E-state index is 12.3. The summed E-state index contributed by atoms with van der Waals surface area (Å²) in [6, 6.07) is -0.632. The molecule has 0 aromatic rings. The van der Waals surface area contributed by atoms with E-state index in [-0.39, 0.29) is 18.5 Å². The normalized spacial score (nSPS) is 17.4. The quantitative estimate of drug-likeness (QED) is 0.808. The van der Waals surface area contributed by atoms with Crippen molar-refractivity contribution in [2.75, 3.05) is 13.7 Å². The van der Waals surface area contributed by atoms with Crippen molar-refractivity contribution in [2.24, 2.45) is 0 Å². The maximum absolute atomic E-state index is 12.3. The lowest BCUT2D eigenvalue weighted by atomic mass is 9.94. The van der Waals surface area contributed by atoms with E-state index >= 15 is 0 Å². The number of methoxy groups -OCH3 is 1. The second-order valence-electron chi connectivity index (χ2n) is 4.76. The van der Waals surface area contributed by atoms with Crippen LogP contribution in [0.2, 0.25) is 0 Å². The molecule has 107 valence electrons. The van der Waals surface area contributed by atoms with Gasteiger partial charge in [-0.1, -0.05) is 19.3 Å². The molecule has 2 amide bonds. The molecule has 6 heteroatoms. The predicted octanol–water partition coefficient (Wildman–Crippen LogP) is 1.00. The molecule has 0 spiro atoms. The summed E-state index contributed by atoms with van der Waals surface area (Å²) in [5.41, 5.74) is 0. The van der Waals surface area contributed by atoms with Gasteiger partial charge in [-0.15, -0.1) is 0 Å². The third-order valence-corrected chi connectivity index (χ3v) is 3.42. The standard InChI is InChI=1S/C13H21N2O4/c1-10(14-13(18)19-2)12(17)15(8-9-16)11-6-4-3-5-7-11/h10-11H,3-8H2,1-2H3,(H,14,18)/t10-/m0/s1. The summed E-state index contributed by atoms with van der Waals surface area (Å²) < 4.78 is 4.46. The number of rotatable bonds is 5. The van der Waals surface area contributed by atoms with Crippen LogP contribution in [0.15, 0.2) is 0 Å². The third kappa shape index (κ3) is 4.54. The van der Waals surface area contributed by atoms with Gasteiger partial charge in [0.25, 0.3) is 0 Å². The summed E-state index contributed by atoms with van der Waals surface area (Å²) in [6.45, 7) is 1.54. The van der Waals surface area contributed by atoms with E-state index < -0.39 is 12.1 Å². The zero-order valence-corrected chi connectivity index (χ0v) is 11.5. The van der Waals surface area contributed by atoms with Crippen molar-refractivity contribution in [1.29, 1.82) is 0 Å². The first-order valence-corrected chi connectivity index (χ1v) is 6.60. The van der Waals surface area contributed by atoms with Crippen molar-refractivity contribution in [3.63, 3.8) is 0 Å². The number of hydrogen-bond donors (Lipinski definition) is 1. The minimum Gasteiger partial charge on any atom is -0.453 e. The van der Waals surface area contributed by atoms with E-state index in [1.165, 1.54) is 18.4 Å². The Bertz CT molecular complexity index is 327. The van der Waals surface area contributed by atoms with Crippen LogP contribution < -0.4 is 5.32 Å². The molecule has 1 N–H and O–H groups in total. The molecule has 0 aromatic carbocycles. The highest BCUT2D eigenvalue weighted by molar-refractivity contribution is 5.86. The molecule has 0 bridgehead atoms. The van der Waals surface area contributed by atoms with Gasteiger partial charge < -0.3 is 15.0 Å². The molecule has 0 heterocycles. The Labute approximate surface area is 113 Å². The van der Waals surface area contributed by atoms with E-state index in [4.69, 9.17) is 0 Å². The highest BCUT2D eigenvalue weighted by Crippen LogP contribution is 2.22. The van der Waals surface area contributed by atoms with Crippen LogP contribution in [-0.2, 0) is 14.3 Å². The van der Waals surface area contributed by atoms with Crippen LogP contribution in [0.3, 0.4) is 0 Å². The molecule has 1 aliphatic carbocycles. The first-order valence-electron chi connectivity index (χ1n) is 6.60. The number of nitrogens with zero attached hydrogens (tertiary/aromatic N) is 1. The highest BCUT2D eigenvalue weighted by Gasteiger charge is 2.29. The summed E-state index contributed by atoms with van der Waals surface area (Å²) in [4.78, 5) is 35.5. The number of hydrogen-bond acceptors (Lipinski definition) is 4. The zero-order chi connectivity index (χ0) is 14.3. The number of alkyl carbamates (subject to hydrolysis) is 1. The maximum Gasteiger partial charge on any atom is 0.407 e. The summed E-state index contributed by atoms with van der Waals surface area (Å²) in [5.74, 6) is -0.263. The topological polar surface area (TPSA) is 75.7 Å². The van der Waals surface area contributed by atoms with Crippen LogP contribution in [0.4, 0.5) is 4.79 Å². The molecule has 0 unspecified atom stereocenters. The molecule has 1 saturated carbocycles. The van der Waals surface area contributed by atoms with Gasteiger partial charge in [-0.2, -0.15) is 0 Å². The molecule has 6 nitrogen and oxygen atoms in total. The van der Waals surface area contributed by atoms with Crippen molar-refractivity contribution in [3.8, 4) is 0 Å². The average Bonchev–Trinajstić information content (AvgIpc) is 2.44. The van der Waals surface area contributed by atoms with Crippen molar-refractivity contribution in [1.82, 2.24) is 10.2 Å². The van der Waals surface area contributed by atoms with Crippen molar-refractivity contribution in [2.45, 2.75) is 51.1 Å². The molecular weight excluding hydrogens is 248 g/mol. The molecule has 0 aromatic heterocycles. The molecule has 19 heavy (non-hydrogen) atoms. The number of carbonyl (C=O) groups is 2. The Hall–Kier alpha value is -1.59. The van der Waals surface area contributed by atoms with Crippen LogP contribution in [0.1, 0.15) is 39.0 Å². The van der Waals surface area contributed by atoms with Crippen molar-refractivity contribution in [3.05, 3.63) is 0 Å². The van der Waals surface area contributed by atoms with Gasteiger partial charge >= 0.3 is 6.09 Å². The Morgan fingerprint density at radius 3 is 2.53 bits per heavy atom. The highest BCUT2D eigenvalue weighted by atomic mass is 16.5. The molecule has 0 saturated heterocycles. The largest absolute Gasteiger partial charge is 0.453 e. The summed E-state index contributed by atoms with van der Waals surface area (Å²) in [5, 5.41) is 2.43. The van der Waals surface area contributed by atoms with Gasteiger partial charge in [0.05, 0.1) is 13.7 Å². The predicted molar refractivity (Wildman–Crippen MR) is 69.3 cm³/mol. The minimum absolute atomic E-state index is 0.0449. The first kappa shape index (κ1) is 15.5. The van der Waals surface area contributed by atoms with E-state index in [1.54, 1.807) is 13.2 Å². The van der Waals surface area contributed by atoms with Crippen molar-refractivity contribution < 1.29 is 19.1 Å². The lowest BCUT2D eigenvalue weighted by Gasteiger charge is -2.34. The Balaban J connectivity index is 2.65. The molecule has 1 radical (unpaired) electrons. The van der Waals surface area contributed by atoms with E-state index in [9.17, 15) is 14.4 Å². The fraction of sp³-hybridized carbons (Fsp3) is 0.769. The number of carbonyl (C=O) groups excluding carboxylic acids is 3. The van der Waals surface area contributed by atoms with Crippen LogP contribution >= 0.6 is 0 Å². The summed E-state index contributed by atoms with van der Waals surface area (Å²) in [7, 11) is 1.24. The Morgan fingerprint density at radius 1 is 1.37 bits per heavy atom. The van der Waals surface area contributed by atoms with E-state index in [0.717, 1.165) is 25.7 Å². The fourth-order valence-corrected chi connectivity index (χ4v) is 2.40. The van der Waals surface area contributed by atoms with Crippen LogP contribution in [-0.4, -0.2) is 48.9 Å². The third-order valence-electron chi connectivity index (χ3n) is 3.42. The van der Waals surface area contributed by atoms with Crippen molar-refractivity contribution >= 4 is 18.3 Å². The van der Waals surface area contributed by atoms with Gasteiger partial charge in [-0.3, -0.25) is 9.59 Å². The SMILES string of the molecule is COC(=O)N[C@@H](C)C(=O)N(C[C]=O)C1CCCCC1. The van der Waals surface area contributed by atoms with Gasteiger partial charge in [0.1, 0.15) is 6.04 Å². The monoisotopic (exact) mass is 269 g/mol. The van der Waals surface area contributed by atoms with Crippen LogP contribution in [0.5, 0.6) is 0 Å². The van der Waals surface area contributed by atoms with Gasteiger partial charge in [-0.25, -0.2) is 4.79 Å². The lowest BCUT2D eigenvalue weighted by Crippen LogP contribution is -2.51. The zero-order valence-electron chi connectivity index (χ0n) is 11.5.